The number of fused-ring (bicyclic) bond motifs is 3. The highest BCUT2D eigenvalue weighted by Crippen LogP contribution is 2.68. The Morgan fingerprint density at radius 2 is 1.92 bits per heavy atom. The fraction of sp³-hybridized carbons (Fsp3) is 0.762. The molecule has 4 N–H and O–H groups in total. The fourth-order valence-corrected chi connectivity index (χ4v) is 6.71. The summed E-state index contributed by atoms with van der Waals surface area (Å²) in [7, 11) is 0. The molecule has 0 aromatic rings. The van der Waals surface area contributed by atoms with Gasteiger partial charge in [0.15, 0.2) is 5.78 Å². The minimum absolute atomic E-state index is 0.110. The van der Waals surface area contributed by atoms with Crippen molar-refractivity contribution in [3.05, 3.63) is 23.3 Å². The van der Waals surface area contributed by atoms with E-state index in [2.05, 4.69) is 13.8 Å². The smallest absolute Gasteiger partial charge is 0.153 e. The van der Waals surface area contributed by atoms with Gasteiger partial charge < -0.3 is 20.4 Å². The Morgan fingerprint density at radius 3 is 2.50 bits per heavy atom. The maximum atomic E-state index is 13.8. The average Bonchev–Trinajstić information content (AvgIpc) is 3.27. The molecular formula is C21H30O5. The third-order valence-electron chi connectivity index (χ3n) is 7.90. The van der Waals surface area contributed by atoms with Gasteiger partial charge in [0, 0.05) is 5.92 Å². The zero-order valence-corrected chi connectivity index (χ0v) is 15.9. The topological polar surface area (TPSA) is 98.0 Å². The first-order chi connectivity index (χ1) is 12.1. The molecule has 4 aliphatic rings. The SMILES string of the molecule is CC1=CC23C(=O)C(C=C(CO)C(O)C2(O)C1O)C1C(CC3C)C1C(C)C. The zero-order valence-electron chi connectivity index (χ0n) is 15.9. The fourth-order valence-electron chi connectivity index (χ4n) is 6.71. The van der Waals surface area contributed by atoms with Crippen LogP contribution in [0.3, 0.4) is 0 Å². The first kappa shape index (κ1) is 18.4. The number of hydrogen-bond acceptors (Lipinski definition) is 5. The molecule has 0 heterocycles. The molecule has 5 heteroatoms. The van der Waals surface area contributed by atoms with Crippen LogP contribution in [0.4, 0.5) is 0 Å². The molecule has 2 fully saturated rings. The molecule has 5 nitrogen and oxygen atoms in total. The van der Waals surface area contributed by atoms with Crippen molar-refractivity contribution >= 4 is 5.78 Å². The van der Waals surface area contributed by atoms with Gasteiger partial charge in [-0.25, -0.2) is 0 Å². The molecule has 144 valence electrons. The van der Waals surface area contributed by atoms with Crippen molar-refractivity contribution in [1.29, 1.82) is 0 Å². The molecule has 2 saturated carbocycles. The van der Waals surface area contributed by atoms with Crippen LogP contribution >= 0.6 is 0 Å². The Hall–Kier alpha value is -1.01. The van der Waals surface area contributed by atoms with Crippen molar-refractivity contribution in [2.45, 2.75) is 51.9 Å². The monoisotopic (exact) mass is 362 g/mol. The van der Waals surface area contributed by atoms with Crippen molar-refractivity contribution in [1.82, 2.24) is 0 Å². The number of ketones is 1. The number of rotatable bonds is 2. The largest absolute Gasteiger partial charge is 0.392 e. The molecular weight excluding hydrogens is 332 g/mol. The van der Waals surface area contributed by atoms with E-state index in [1.54, 1.807) is 19.1 Å². The summed E-state index contributed by atoms with van der Waals surface area (Å²) in [5.41, 5.74) is -2.58. The van der Waals surface area contributed by atoms with Gasteiger partial charge in [0.1, 0.15) is 17.8 Å². The van der Waals surface area contributed by atoms with Gasteiger partial charge in [0.2, 0.25) is 0 Å². The second kappa shape index (κ2) is 5.51. The van der Waals surface area contributed by atoms with E-state index in [1.807, 2.05) is 6.92 Å². The normalized spacial score (nSPS) is 52.7. The van der Waals surface area contributed by atoms with Crippen molar-refractivity contribution in [3.63, 3.8) is 0 Å². The van der Waals surface area contributed by atoms with Gasteiger partial charge in [0.25, 0.3) is 0 Å². The molecule has 0 aromatic heterocycles. The van der Waals surface area contributed by atoms with E-state index >= 15 is 0 Å². The van der Waals surface area contributed by atoms with E-state index < -0.39 is 35.7 Å². The Labute approximate surface area is 154 Å². The summed E-state index contributed by atoms with van der Waals surface area (Å²) in [4.78, 5) is 13.8. The predicted molar refractivity (Wildman–Crippen MR) is 95.9 cm³/mol. The van der Waals surface area contributed by atoms with E-state index in [0.717, 1.165) is 6.42 Å². The second-order valence-electron chi connectivity index (χ2n) is 9.38. The summed E-state index contributed by atoms with van der Waals surface area (Å²) in [6.45, 7) is 7.56. The lowest BCUT2D eigenvalue weighted by Gasteiger charge is -2.48. The zero-order chi connectivity index (χ0) is 19.2. The number of Topliss-reactive ketones (excluding diaryl/α,β-unsaturated/α-hetero) is 1. The highest BCUT2D eigenvalue weighted by Gasteiger charge is 2.74. The predicted octanol–water partition coefficient (Wildman–Crippen LogP) is 1.06. The molecule has 2 bridgehead atoms. The van der Waals surface area contributed by atoms with Crippen LogP contribution in [0.2, 0.25) is 0 Å². The average molecular weight is 362 g/mol. The molecule has 0 amide bonds. The highest BCUT2D eigenvalue weighted by molar-refractivity contribution is 5.95. The molecule has 9 unspecified atom stereocenters. The van der Waals surface area contributed by atoms with Crippen LogP contribution in [0, 0.1) is 40.9 Å². The van der Waals surface area contributed by atoms with Crippen LogP contribution in [0.5, 0.6) is 0 Å². The quantitative estimate of drug-likeness (QED) is 0.551. The second-order valence-corrected chi connectivity index (χ2v) is 9.38. The first-order valence-corrected chi connectivity index (χ1v) is 9.76. The van der Waals surface area contributed by atoms with Gasteiger partial charge in [-0.1, -0.05) is 32.9 Å². The summed E-state index contributed by atoms with van der Waals surface area (Å²) in [6, 6.07) is 0. The molecule has 0 aromatic carbocycles. The molecule has 9 atom stereocenters. The number of aliphatic hydroxyl groups excluding tert-OH is 3. The van der Waals surface area contributed by atoms with E-state index in [0.29, 0.717) is 23.3 Å². The molecule has 4 rings (SSSR count). The van der Waals surface area contributed by atoms with Crippen molar-refractivity contribution < 1.29 is 25.2 Å². The third kappa shape index (κ3) is 1.88. The summed E-state index contributed by atoms with van der Waals surface area (Å²) >= 11 is 0. The first-order valence-electron chi connectivity index (χ1n) is 9.76. The maximum Gasteiger partial charge on any atom is 0.153 e. The van der Waals surface area contributed by atoms with Gasteiger partial charge in [-0.15, -0.1) is 0 Å². The Balaban J connectivity index is 1.94. The highest BCUT2D eigenvalue weighted by atomic mass is 16.4. The van der Waals surface area contributed by atoms with Crippen molar-refractivity contribution in [2.24, 2.45) is 40.9 Å². The minimum atomic E-state index is -2.03. The Bertz CT molecular complexity index is 709. The molecule has 0 radical (unpaired) electrons. The van der Waals surface area contributed by atoms with Crippen LogP contribution in [-0.2, 0) is 4.79 Å². The van der Waals surface area contributed by atoms with Crippen LogP contribution in [-0.4, -0.2) is 50.6 Å². The lowest BCUT2D eigenvalue weighted by atomic mass is 9.59. The Kier molecular flexibility index (Phi) is 3.89. The summed E-state index contributed by atoms with van der Waals surface area (Å²) < 4.78 is 0. The molecule has 26 heavy (non-hydrogen) atoms. The number of hydrogen-bond donors (Lipinski definition) is 4. The lowest BCUT2D eigenvalue weighted by Crippen LogP contribution is -2.65. The van der Waals surface area contributed by atoms with Gasteiger partial charge >= 0.3 is 0 Å². The van der Waals surface area contributed by atoms with Crippen LogP contribution in [0.1, 0.15) is 34.1 Å². The van der Waals surface area contributed by atoms with E-state index in [9.17, 15) is 25.2 Å². The van der Waals surface area contributed by atoms with Gasteiger partial charge in [-0.2, -0.15) is 0 Å². The summed E-state index contributed by atoms with van der Waals surface area (Å²) in [5.74, 6) is 0.754. The van der Waals surface area contributed by atoms with Gasteiger partial charge in [-0.3, -0.25) is 4.79 Å². The molecule has 0 saturated heterocycles. The van der Waals surface area contributed by atoms with E-state index in [1.165, 1.54) is 0 Å². The van der Waals surface area contributed by atoms with Gasteiger partial charge in [-0.05, 0) is 54.1 Å². The van der Waals surface area contributed by atoms with Crippen LogP contribution in [0.25, 0.3) is 0 Å². The van der Waals surface area contributed by atoms with Crippen molar-refractivity contribution in [3.8, 4) is 0 Å². The van der Waals surface area contributed by atoms with Crippen LogP contribution < -0.4 is 0 Å². The number of allylic oxidation sites excluding steroid dienone is 1. The number of carbonyl (C=O) groups is 1. The lowest BCUT2D eigenvalue weighted by molar-refractivity contribution is -0.189. The summed E-state index contributed by atoms with van der Waals surface area (Å²) in [6.07, 6.45) is 1.40. The number of carbonyl (C=O) groups excluding carboxylic acids is 1. The molecule has 0 aliphatic heterocycles. The molecule has 4 aliphatic carbocycles. The van der Waals surface area contributed by atoms with E-state index in [-0.39, 0.29) is 23.2 Å². The Morgan fingerprint density at radius 1 is 1.27 bits per heavy atom. The van der Waals surface area contributed by atoms with Crippen LogP contribution in [0.15, 0.2) is 23.3 Å². The van der Waals surface area contributed by atoms with Gasteiger partial charge in [0.05, 0.1) is 12.0 Å². The van der Waals surface area contributed by atoms with Crippen molar-refractivity contribution in [2.75, 3.05) is 6.61 Å². The number of aliphatic hydroxyl groups is 4. The van der Waals surface area contributed by atoms with E-state index in [4.69, 9.17) is 0 Å². The summed E-state index contributed by atoms with van der Waals surface area (Å²) in [5, 5.41) is 43.2. The molecule has 1 spiro atoms. The standard InChI is InChI=1S/C21H30O5/c1-9(2)15-13-5-11(4)20-7-10(3)17(23)21(20,26)18(24)12(8-22)6-14(16(13)15)19(20)25/h6-7,9,11,13-18,22-24,26H,5,8H2,1-4H3. The minimum Gasteiger partial charge on any atom is -0.392 e. The maximum absolute atomic E-state index is 13.8. The third-order valence-corrected chi connectivity index (χ3v) is 7.90.